The van der Waals surface area contributed by atoms with Crippen LogP contribution in [0.25, 0.3) is 0 Å². The number of hydrogen-bond donors (Lipinski definition) is 2. The number of ether oxygens (including phenoxy) is 1. The highest BCUT2D eigenvalue weighted by atomic mass is 32.1. The Labute approximate surface area is 92.7 Å². The predicted octanol–water partition coefficient (Wildman–Crippen LogP) is 1.74. The van der Waals surface area contributed by atoms with Crippen LogP contribution >= 0.6 is 11.3 Å². The SMILES string of the molecule is CCCc1cc(OCCN)c(C(=O)O)s1. The fourth-order valence-corrected chi connectivity index (χ4v) is 2.26. The van der Waals surface area contributed by atoms with E-state index < -0.39 is 5.97 Å². The van der Waals surface area contributed by atoms with Crippen molar-refractivity contribution in [1.29, 1.82) is 0 Å². The minimum Gasteiger partial charge on any atom is -0.490 e. The zero-order chi connectivity index (χ0) is 11.3. The van der Waals surface area contributed by atoms with E-state index in [-0.39, 0.29) is 4.88 Å². The Morgan fingerprint density at radius 1 is 1.67 bits per heavy atom. The number of carboxylic acid groups (broad SMARTS) is 1. The Hall–Kier alpha value is -1.07. The van der Waals surface area contributed by atoms with E-state index in [1.165, 1.54) is 11.3 Å². The summed E-state index contributed by atoms with van der Waals surface area (Å²) in [6, 6.07) is 1.80. The number of aryl methyl sites for hydroxylation is 1. The number of thiophene rings is 1. The summed E-state index contributed by atoms with van der Waals surface area (Å²) in [7, 11) is 0. The fourth-order valence-electron chi connectivity index (χ4n) is 1.22. The van der Waals surface area contributed by atoms with Gasteiger partial charge in [0.2, 0.25) is 0 Å². The average Bonchev–Trinajstić information content (AvgIpc) is 2.59. The molecule has 0 aromatic carbocycles. The molecule has 0 spiro atoms. The van der Waals surface area contributed by atoms with Crippen LogP contribution < -0.4 is 10.5 Å². The third kappa shape index (κ3) is 3.21. The molecule has 0 amide bonds. The Balaban J connectivity index is 2.85. The van der Waals surface area contributed by atoms with Crippen molar-refractivity contribution >= 4 is 17.3 Å². The molecule has 0 fully saturated rings. The summed E-state index contributed by atoms with van der Waals surface area (Å²) < 4.78 is 5.28. The molecule has 1 heterocycles. The van der Waals surface area contributed by atoms with Crippen LogP contribution in [0, 0.1) is 0 Å². The minimum absolute atomic E-state index is 0.270. The summed E-state index contributed by atoms with van der Waals surface area (Å²) in [6.45, 7) is 2.79. The maximum atomic E-state index is 10.9. The molecule has 84 valence electrons. The second kappa shape index (κ2) is 5.72. The highest BCUT2D eigenvalue weighted by Gasteiger charge is 2.16. The van der Waals surface area contributed by atoms with Crippen LogP contribution in [0.3, 0.4) is 0 Å². The van der Waals surface area contributed by atoms with Gasteiger partial charge in [-0.25, -0.2) is 4.79 Å². The highest BCUT2D eigenvalue weighted by molar-refractivity contribution is 7.14. The third-order valence-electron chi connectivity index (χ3n) is 1.82. The Morgan fingerprint density at radius 2 is 2.40 bits per heavy atom. The number of aromatic carboxylic acids is 1. The standard InChI is InChI=1S/C10H15NO3S/c1-2-3-7-6-8(14-5-4-11)9(15-7)10(12)13/h6H,2-5,11H2,1H3,(H,12,13). The lowest BCUT2D eigenvalue weighted by molar-refractivity contribution is 0.0698. The summed E-state index contributed by atoms with van der Waals surface area (Å²) in [5.41, 5.74) is 5.30. The molecule has 0 saturated heterocycles. The van der Waals surface area contributed by atoms with Crippen molar-refractivity contribution in [2.24, 2.45) is 5.73 Å². The lowest BCUT2D eigenvalue weighted by Gasteiger charge is -2.01. The van der Waals surface area contributed by atoms with Crippen LogP contribution in [0.15, 0.2) is 6.07 Å². The average molecular weight is 229 g/mol. The highest BCUT2D eigenvalue weighted by Crippen LogP contribution is 2.30. The molecule has 0 atom stereocenters. The summed E-state index contributed by atoms with van der Waals surface area (Å²) in [6.07, 6.45) is 1.88. The van der Waals surface area contributed by atoms with Crippen LogP contribution in [0.2, 0.25) is 0 Å². The van der Waals surface area contributed by atoms with Gasteiger partial charge in [0.1, 0.15) is 12.4 Å². The summed E-state index contributed by atoms with van der Waals surface area (Å²) in [5.74, 6) is -0.490. The van der Waals surface area contributed by atoms with Crippen molar-refractivity contribution in [1.82, 2.24) is 0 Å². The second-order valence-electron chi connectivity index (χ2n) is 3.10. The van der Waals surface area contributed by atoms with Crippen LogP contribution in [-0.2, 0) is 6.42 Å². The molecule has 1 aromatic heterocycles. The van der Waals surface area contributed by atoms with E-state index >= 15 is 0 Å². The topological polar surface area (TPSA) is 72.5 Å². The van der Waals surface area contributed by atoms with Gasteiger partial charge in [-0.3, -0.25) is 0 Å². The Kier molecular flexibility index (Phi) is 4.58. The monoisotopic (exact) mass is 229 g/mol. The molecule has 0 aliphatic carbocycles. The first-order chi connectivity index (χ1) is 7.19. The van der Waals surface area contributed by atoms with Crippen LogP contribution in [-0.4, -0.2) is 24.2 Å². The van der Waals surface area contributed by atoms with Crippen molar-refractivity contribution < 1.29 is 14.6 Å². The molecule has 0 radical (unpaired) electrons. The molecular weight excluding hydrogens is 214 g/mol. The quantitative estimate of drug-likeness (QED) is 0.779. The molecule has 5 heteroatoms. The molecule has 0 aliphatic rings. The molecule has 1 aromatic rings. The van der Waals surface area contributed by atoms with E-state index in [4.69, 9.17) is 15.6 Å². The van der Waals surface area contributed by atoms with Crippen LogP contribution in [0.4, 0.5) is 0 Å². The molecule has 4 nitrogen and oxygen atoms in total. The molecule has 0 saturated carbocycles. The van der Waals surface area contributed by atoms with Crippen LogP contribution in [0.5, 0.6) is 5.75 Å². The lowest BCUT2D eigenvalue weighted by Crippen LogP contribution is -2.11. The maximum absolute atomic E-state index is 10.9. The molecule has 0 aliphatic heterocycles. The maximum Gasteiger partial charge on any atom is 0.349 e. The van der Waals surface area contributed by atoms with E-state index in [0.717, 1.165) is 17.7 Å². The first-order valence-electron chi connectivity index (χ1n) is 4.88. The summed E-state index contributed by atoms with van der Waals surface area (Å²) in [5, 5.41) is 8.95. The van der Waals surface area contributed by atoms with Gasteiger partial charge < -0.3 is 15.6 Å². The Bertz CT molecular complexity index is 335. The van der Waals surface area contributed by atoms with Gasteiger partial charge in [0, 0.05) is 11.4 Å². The number of carboxylic acids is 1. The smallest absolute Gasteiger partial charge is 0.349 e. The van der Waals surface area contributed by atoms with Gasteiger partial charge in [0.05, 0.1) is 0 Å². The van der Waals surface area contributed by atoms with E-state index in [2.05, 4.69) is 6.92 Å². The van der Waals surface area contributed by atoms with Gasteiger partial charge in [-0.2, -0.15) is 0 Å². The van der Waals surface area contributed by atoms with Gasteiger partial charge in [0.15, 0.2) is 4.88 Å². The molecule has 15 heavy (non-hydrogen) atoms. The normalized spacial score (nSPS) is 10.3. The number of carbonyl (C=O) groups is 1. The minimum atomic E-state index is -0.936. The number of rotatable bonds is 6. The van der Waals surface area contributed by atoms with Crippen molar-refractivity contribution in [2.75, 3.05) is 13.2 Å². The lowest BCUT2D eigenvalue weighted by atomic mass is 10.3. The van der Waals surface area contributed by atoms with Crippen LogP contribution in [0.1, 0.15) is 27.9 Å². The molecule has 3 N–H and O–H groups in total. The number of hydrogen-bond acceptors (Lipinski definition) is 4. The van der Waals surface area contributed by atoms with Crippen molar-refractivity contribution in [3.63, 3.8) is 0 Å². The third-order valence-corrected chi connectivity index (χ3v) is 2.98. The van der Waals surface area contributed by atoms with E-state index in [1.54, 1.807) is 6.07 Å². The number of nitrogens with two attached hydrogens (primary N) is 1. The Morgan fingerprint density at radius 3 is 2.93 bits per heavy atom. The van der Waals surface area contributed by atoms with E-state index in [1.807, 2.05) is 0 Å². The summed E-state index contributed by atoms with van der Waals surface area (Å²) in [4.78, 5) is 12.2. The molecular formula is C10H15NO3S. The molecule has 0 bridgehead atoms. The van der Waals surface area contributed by atoms with Gasteiger partial charge in [-0.05, 0) is 12.5 Å². The first kappa shape index (κ1) is 12.0. The van der Waals surface area contributed by atoms with Gasteiger partial charge >= 0.3 is 5.97 Å². The van der Waals surface area contributed by atoms with E-state index in [0.29, 0.717) is 18.9 Å². The second-order valence-corrected chi connectivity index (χ2v) is 4.24. The van der Waals surface area contributed by atoms with Gasteiger partial charge in [-0.1, -0.05) is 13.3 Å². The zero-order valence-corrected chi connectivity index (χ0v) is 9.47. The first-order valence-corrected chi connectivity index (χ1v) is 5.69. The van der Waals surface area contributed by atoms with Crippen molar-refractivity contribution in [3.05, 3.63) is 15.8 Å². The fraction of sp³-hybridized carbons (Fsp3) is 0.500. The van der Waals surface area contributed by atoms with Gasteiger partial charge in [-0.15, -0.1) is 11.3 Å². The van der Waals surface area contributed by atoms with Gasteiger partial charge in [0.25, 0.3) is 0 Å². The molecule has 1 rings (SSSR count). The largest absolute Gasteiger partial charge is 0.490 e. The zero-order valence-electron chi connectivity index (χ0n) is 8.66. The molecule has 0 unspecified atom stereocenters. The van der Waals surface area contributed by atoms with E-state index in [9.17, 15) is 4.79 Å². The van der Waals surface area contributed by atoms with Crippen molar-refractivity contribution in [2.45, 2.75) is 19.8 Å². The van der Waals surface area contributed by atoms with Crippen molar-refractivity contribution in [3.8, 4) is 5.75 Å². The predicted molar refractivity (Wildman–Crippen MR) is 59.8 cm³/mol. The summed E-state index contributed by atoms with van der Waals surface area (Å²) >= 11 is 1.28.